The Labute approximate surface area is 158 Å². The van der Waals surface area contributed by atoms with Crippen molar-refractivity contribution in [3.63, 3.8) is 0 Å². The van der Waals surface area contributed by atoms with Gasteiger partial charge in [0.2, 0.25) is 0 Å². The quantitative estimate of drug-likeness (QED) is 0.642. The molecule has 3 rings (SSSR count). The zero-order chi connectivity index (χ0) is 20.1. The van der Waals surface area contributed by atoms with E-state index in [0.29, 0.717) is 16.9 Å². The smallest absolute Gasteiger partial charge is 0.262 e. The Morgan fingerprint density at radius 1 is 0.786 bits per heavy atom. The Morgan fingerprint density at radius 2 is 1.32 bits per heavy atom. The summed E-state index contributed by atoms with van der Waals surface area (Å²) in [4.78, 5) is 24.1. The van der Waals surface area contributed by atoms with Gasteiger partial charge in [0.1, 0.15) is 28.9 Å². The molecule has 0 aliphatic heterocycles. The van der Waals surface area contributed by atoms with Crippen LogP contribution in [-0.2, 0) is 4.79 Å². The van der Waals surface area contributed by atoms with Crippen molar-refractivity contribution in [2.45, 2.75) is 0 Å². The zero-order valence-corrected chi connectivity index (χ0v) is 14.4. The van der Waals surface area contributed by atoms with Gasteiger partial charge in [-0.2, -0.15) is 0 Å². The van der Waals surface area contributed by atoms with Crippen LogP contribution in [0, 0.1) is 17.5 Å². The fourth-order valence-corrected chi connectivity index (χ4v) is 2.41. The molecule has 3 aromatic rings. The third-order valence-corrected chi connectivity index (χ3v) is 3.82. The third kappa shape index (κ3) is 4.56. The summed E-state index contributed by atoms with van der Waals surface area (Å²) in [5.74, 6) is -2.96. The molecular formula is C21H14F3NO3. The van der Waals surface area contributed by atoms with E-state index in [9.17, 15) is 22.8 Å². The predicted molar refractivity (Wildman–Crippen MR) is 96.8 cm³/mol. The molecule has 0 radical (unpaired) electrons. The highest BCUT2D eigenvalue weighted by Crippen LogP contribution is 2.19. The molecule has 0 bridgehead atoms. The van der Waals surface area contributed by atoms with E-state index in [0.717, 1.165) is 12.1 Å². The molecule has 28 heavy (non-hydrogen) atoms. The molecule has 7 heteroatoms. The molecule has 3 aromatic carbocycles. The molecule has 0 unspecified atom stereocenters. The van der Waals surface area contributed by atoms with Gasteiger partial charge >= 0.3 is 0 Å². The average Bonchev–Trinajstić information content (AvgIpc) is 2.70. The molecule has 0 aliphatic carbocycles. The number of para-hydroxylation sites is 1. The van der Waals surface area contributed by atoms with Crippen LogP contribution in [0.1, 0.15) is 15.9 Å². The van der Waals surface area contributed by atoms with E-state index in [2.05, 4.69) is 5.32 Å². The van der Waals surface area contributed by atoms with Crippen molar-refractivity contribution in [1.82, 2.24) is 0 Å². The number of rotatable bonds is 6. The van der Waals surface area contributed by atoms with Gasteiger partial charge in [0.05, 0.1) is 0 Å². The molecule has 0 spiro atoms. The van der Waals surface area contributed by atoms with Crippen LogP contribution < -0.4 is 10.1 Å². The highest BCUT2D eigenvalue weighted by molar-refractivity contribution is 6.09. The van der Waals surface area contributed by atoms with E-state index < -0.39 is 35.7 Å². The van der Waals surface area contributed by atoms with Gasteiger partial charge in [-0.15, -0.1) is 0 Å². The number of carbonyl (C=O) groups is 2. The van der Waals surface area contributed by atoms with Crippen molar-refractivity contribution in [2.24, 2.45) is 0 Å². The Morgan fingerprint density at radius 3 is 1.89 bits per heavy atom. The maximum atomic E-state index is 13.5. The maximum Gasteiger partial charge on any atom is 0.262 e. The van der Waals surface area contributed by atoms with Crippen LogP contribution in [0.25, 0.3) is 0 Å². The minimum absolute atomic E-state index is 0.291. The van der Waals surface area contributed by atoms with Crippen LogP contribution in [0.3, 0.4) is 0 Å². The van der Waals surface area contributed by atoms with Crippen molar-refractivity contribution >= 4 is 17.4 Å². The fourth-order valence-electron chi connectivity index (χ4n) is 2.41. The van der Waals surface area contributed by atoms with Crippen LogP contribution in [0.2, 0.25) is 0 Å². The number of hydrogen-bond donors (Lipinski definition) is 1. The fraction of sp³-hybridized carbons (Fsp3) is 0.0476. The summed E-state index contributed by atoms with van der Waals surface area (Å²) in [6.07, 6.45) is 0. The first-order chi connectivity index (χ1) is 13.4. The lowest BCUT2D eigenvalue weighted by molar-refractivity contribution is -0.118. The molecule has 0 saturated heterocycles. The third-order valence-electron chi connectivity index (χ3n) is 3.82. The summed E-state index contributed by atoms with van der Waals surface area (Å²) < 4.78 is 45.2. The summed E-state index contributed by atoms with van der Waals surface area (Å²) in [6, 6.07) is 14.3. The molecule has 0 fully saturated rings. The number of ether oxygens (including phenoxy) is 1. The summed E-state index contributed by atoms with van der Waals surface area (Å²) in [6.45, 7) is -0.473. The largest absolute Gasteiger partial charge is 0.484 e. The molecule has 0 aromatic heterocycles. The minimum Gasteiger partial charge on any atom is -0.484 e. The molecule has 142 valence electrons. The Kier molecular flexibility index (Phi) is 5.74. The van der Waals surface area contributed by atoms with E-state index in [1.807, 2.05) is 0 Å². The lowest BCUT2D eigenvalue weighted by Gasteiger charge is -2.09. The van der Waals surface area contributed by atoms with Crippen molar-refractivity contribution in [1.29, 1.82) is 0 Å². The number of nitrogens with one attached hydrogen (secondary N) is 1. The van der Waals surface area contributed by atoms with Gasteiger partial charge in [-0.3, -0.25) is 9.59 Å². The van der Waals surface area contributed by atoms with Crippen LogP contribution in [-0.4, -0.2) is 18.3 Å². The van der Waals surface area contributed by atoms with Gasteiger partial charge in [-0.25, -0.2) is 13.2 Å². The lowest BCUT2D eigenvalue weighted by atomic mass is 10.0. The molecule has 0 heterocycles. The van der Waals surface area contributed by atoms with Crippen LogP contribution in [0.15, 0.2) is 66.7 Å². The number of hydrogen-bond acceptors (Lipinski definition) is 3. The first kappa shape index (κ1) is 19.2. The van der Waals surface area contributed by atoms with Crippen LogP contribution in [0.4, 0.5) is 18.9 Å². The number of benzene rings is 3. The second-order valence-electron chi connectivity index (χ2n) is 5.79. The molecule has 0 atom stereocenters. The van der Waals surface area contributed by atoms with Crippen molar-refractivity contribution in [2.75, 3.05) is 11.9 Å². The van der Waals surface area contributed by atoms with Crippen LogP contribution in [0.5, 0.6) is 5.75 Å². The predicted octanol–water partition coefficient (Wildman–Crippen LogP) is 4.35. The second kappa shape index (κ2) is 8.39. The highest BCUT2D eigenvalue weighted by Gasteiger charge is 2.13. The molecule has 1 N–H and O–H groups in total. The Bertz CT molecular complexity index is 982. The number of ketones is 1. The highest BCUT2D eigenvalue weighted by atomic mass is 19.1. The molecule has 4 nitrogen and oxygen atoms in total. The first-order valence-electron chi connectivity index (χ1n) is 8.21. The van der Waals surface area contributed by atoms with Gasteiger partial charge in [-0.05, 0) is 60.7 Å². The SMILES string of the molecule is O=C(COc1ccc(C(=O)c2ccc(F)cc2)cc1)Nc1c(F)cccc1F. The van der Waals surface area contributed by atoms with Gasteiger partial charge < -0.3 is 10.1 Å². The van der Waals surface area contributed by atoms with Gasteiger partial charge in [0.15, 0.2) is 12.4 Å². The standard InChI is InChI=1S/C21H14F3NO3/c22-15-8-4-13(5-9-15)21(27)14-6-10-16(11-7-14)28-12-19(26)25-20-17(23)2-1-3-18(20)24/h1-11H,12H2,(H,25,26). The Balaban J connectivity index is 1.59. The van der Waals surface area contributed by atoms with Crippen LogP contribution >= 0.6 is 0 Å². The number of carbonyl (C=O) groups excluding carboxylic acids is 2. The van der Waals surface area contributed by atoms with Gasteiger partial charge in [0.25, 0.3) is 5.91 Å². The summed E-state index contributed by atoms with van der Waals surface area (Å²) in [7, 11) is 0. The summed E-state index contributed by atoms with van der Waals surface area (Å²) in [5, 5.41) is 2.11. The number of anilines is 1. The zero-order valence-electron chi connectivity index (χ0n) is 14.4. The van der Waals surface area contributed by atoms with E-state index in [1.54, 1.807) is 0 Å². The van der Waals surface area contributed by atoms with Gasteiger partial charge in [-0.1, -0.05) is 6.07 Å². The van der Waals surface area contributed by atoms with Crippen molar-refractivity contribution in [3.05, 3.63) is 95.3 Å². The van der Waals surface area contributed by atoms with E-state index in [-0.39, 0.29) is 5.78 Å². The normalized spacial score (nSPS) is 10.4. The minimum atomic E-state index is -0.892. The summed E-state index contributed by atoms with van der Waals surface area (Å²) >= 11 is 0. The Hall–Kier alpha value is -3.61. The monoisotopic (exact) mass is 385 g/mol. The van der Waals surface area contributed by atoms with E-state index in [1.165, 1.54) is 54.6 Å². The second-order valence-corrected chi connectivity index (χ2v) is 5.79. The topological polar surface area (TPSA) is 55.4 Å². The van der Waals surface area contributed by atoms with Crippen molar-refractivity contribution < 1.29 is 27.5 Å². The van der Waals surface area contributed by atoms with E-state index >= 15 is 0 Å². The van der Waals surface area contributed by atoms with Crippen molar-refractivity contribution in [3.8, 4) is 5.75 Å². The lowest BCUT2D eigenvalue weighted by Crippen LogP contribution is -2.21. The molecular weight excluding hydrogens is 371 g/mol. The van der Waals surface area contributed by atoms with Gasteiger partial charge in [0, 0.05) is 11.1 Å². The van der Waals surface area contributed by atoms with E-state index in [4.69, 9.17) is 4.74 Å². The molecule has 0 saturated carbocycles. The molecule has 0 aliphatic rings. The summed E-state index contributed by atoms with van der Waals surface area (Å²) in [5.41, 5.74) is 0.148. The number of amides is 1. The first-order valence-corrected chi connectivity index (χ1v) is 8.21. The maximum absolute atomic E-state index is 13.5. The number of halogens is 3. The average molecular weight is 385 g/mol. The molecule has 1 amide bonds.